The minimum atomic E-state index is -4.37. The third kappa shape index (κ3) is 3.09. The molecule has 18 heavy (non-hydrogen) atoms. The lowest BCUT2D eigenvalue weighted by Crippen LogP contribution is -2.17. The topological polar surface area (TPSA) is 38.0 Å². The molecule has 5 heteroatoms. The Bertz CT molecular complexity index is 411. The minimum absolute atomic E-state index is 0.121. The predicted molar refractivity (Wildman–Crippen MR) is 66.3 cm³/mol. The van der Waals surface area contributed by atoms with Gasteiger partial charge in [-0.25, -0.2) is 0 Å². The summed E-state index contributed by atoms with van der Waals surface area (Å²) < 4.78 is 38.4. The van der Waals surface area contributed by atoms with Gasteiger partial charge in [-0.2, -0.15) is 13.2 Å². The van der Waals surface area contributed by atoms with Gasteiger partial charge in [-0.1, -0.05) is 19.3 Å². The maximum absolute atomic E-state index is 12.8. The van der Waals surface area contributed by atoms with Crippen molar-refractivity contribution < 1.29 is 13.2 Å². The summed E-state index contributed by atoms with van der Waals surface area (Å²) in [5.74, 6) is 0.681. The Morgan fingerprint density at radius 3 is 2.56 bits per heavy atom. The number of benzene rings is 1. The molecule has 1 aromatic rings. The van der Waals surface area contributed by atoms with Crippen LogP contribution in [0.15, 0.2) is 18.2 Å². The average molecular weight is 258 g/mol. The summed E-state index contributed by atoms with van der Waals surface area (Å²) in [6.07, 6.45) is 0.223. The van der Waals surface area contributed by atoms with Crippen LogP contribution in [0.2, 0.25) is 0 Å². The number of rotatable bonds is 4. The van der Waals surface area contributed by atoms with Crippen LogP contribution in [-0.4, -0.2) is 6.54 Å². The summed E-state index contributed by atoms with van der Waals surface area (Å²) in [5, 5.41) is 2.87. The zero-order valence-electron chi connectivity index (χ0n) is 10.1. The van der Waals surface area contributed by atoms with Gasteiger partial charge in [0.1, 0.15) is 0 Å². The molecule has 0 aromatic heterocycles. The van der Waals surface area contributed by atoms with Gasteiger partial charge in [0.15, 0.2) is 0 Å². The van der Waals surface area contributed by atoms with Crippen molar-refractivity contribution in [3.8, 4) is 0 Å². The Labute approximate surface area is 104 Å². The molecule has 0 bridgehead atoms. The van der Waals surface area contributed by atoms with E-state index in [0.29, 0.717) is 12.5 Å². The number of nitrogens with one attached hydrogen (secondary N) is 1. The van der Waals surface area contributed by atoms with Crippen molar-refractivity contribution in [1.82, 2.24) is 0 Å². The smallest absolute Gasteiger partial charge is 0.399 e. The second-order valence-corrected chi connectivity index (χ2v) is 4.82. The first-order valence-corrected chi connectivity index (χ1v) is 6.17. The van der Waals surface area contributed by atoms with E-state index in [1.807, 2.05) is 0 Å². The van der Waals surface area contributed by atoms with E-state index in [4.69, 9.17) is 5.73 Å². The molecule has 0 aliphatic heterocycles. The molecule has 0 spiro atoms. The van der Waals surface area contributed by atoms with Crippen molar-refractivity contribution in [2.45, 2.75) is 31.9 Å². The number of hydrogen-bond acceptors (Lipinski definition) is 2. The molecule has 1 aliphatic carbocycles. The first kappa shape index (κ1) is 13.1. The fourth-order valence-corrected chi connectivity index (χ4v) is 2.14. The molecule has 1 aliphatic rings. The van der Waals surface area contributed by atoms with E-state index in [1.54, 1.807) is 0 Å². The highest BCUT2D eigenvalue weighted by Gasteiger charge is 2.33. The highest BCUT2D eigenvalue weighted by molar-refractivity contribution is 5.59. The Morgan fingerprint density at radius 1 is 1.28 bits per heavy atom. The van der Waals surface area contributed by atoms with Crippen LogP contribution in [0, 0.1) is 5.92 Å². The van der Waals surface area contributed by atoms with Crippen LogP contribution in [0.1, 0.15) is 31.2 Å². The molecule has 0 radical (unpaired) electrons. The molecule has 3 N–H and O–H groups in total. The van der Waals surface area contributed by atoms with Crippen molar-refractivity contribution in [3.05, 3.63) is 23.8 Å². The van der Waals surface area contributed by atoms with Crippen molar-refractivity contribution in [3.63, 3.8) is 0 Å². The SMILES string of the molecule is Nc1ccc(NCCC2CCC2)c(C(F)(F)F)c1. The molecular formula is C13H17F3N2. The van der Waals surface area contributed by atoms with E-state index in [9.17, 15) is 13.2 Å². The Hall–Kier alpha value is -1.39. The summed E-state index contributed by atoms with van der Waals surface area (Å²) in [7, 11) is 0. The molecule has 0 atom stereocenters. The monoisotopic (exact) mass is 258 g/mol. The van der Waals surface area contributed by atoms with Crippen LogP contribution < -0.4 is 11.1 Å². The van der Waals surface area contributed by atoms with Crippen LogP contribution in [0.5, 0.6) is 0 Å². The van der Waals surface area contributed by atoms with Crippen LogP contribution in [-0.2, 0) is 6.18 Å². The fraction of sp³-hybridized carbons (Fsp3) is 0.538. The molecule has 1 saturated carbocycles. The van der Waals surface area contributed by atoms with Crippen molar-refractivity contribution in [2.75, 3.05) is 17.6 Å². The molecule has 100 valence electrons. The first-order chi connectivity index (χ1) is 8.47. The largest absolute Gasteiger partial charge is 0.418 e. The zero-order valence-corrected chi connectivity index (χ0v) is 10.1. The van der Waals surface area contributed by atoms with Gasteiger partial charge in [0.05, 0.1) is 5.56 Å². The van der Waals surface area contributed by atoms with Crippen LogP contribution in [0.4, 0.5) is 24.5 Å². The quantitative estimate of drug-likeness (QED) is 0.804. The van der Waals surface area contributed by atoms with Gasteiger partial charge >= 0.3 is 6.18 Å². The zero-order chi connectivity index (χ0) is 13.2. The van der Waals surface area contributed by atoms with Crippen molar-refractivity contribution in [2.24, 2.45) is 5.92 Å². The number of anilines is 2. The van der Waals surface area contributed by atoms with Gasteiger partial charge in [-0.05, 0) is 30.5 Å². The third-order valence-electron chi connectivity index (χ3n) is 3.44. The molecule has 1 fully saturated rings. The van der Waals surface area contributed by atoms with Crippen LogP contribution >= 0.6 is 0 Å². The second kappa shape index (κ2) is 5.08. The second-order valence-electron chi connectivity index (χ2n) is 4.82. The summed E-state index contributed by atoms with van der Waals surface area (Å²) >= 11 is 0. The Kier molecular flexibility index (Phi) is 3.68. The van der Waals surface area contributed by atoms with E-state index >= 15 is 0 Å². The predicted octanol–water partition coefficient (Wildman–Crippen LogP) is 3.89. The lowest BCUT2D eigenvalue weighted by atomic mass is 9.83. The molecule has 0 amide bonds. The van der Waals surface area contributed by atoms with Gasteiger partial charge in [0, 0.05) is 17.9 Å². The van der Waals surface area contributed by atoms with E-state index in [-0.39, 0.29) is 11.4 Å². The molecule has 0 unspecified atom stereocenters. The van der Waals surface area contributed by atoms with Gasteiger partial charge in [0.2, 0.25) is 0 Å². The Balaban J connectivity index is 2.01. The molecular weight excluding hydrogens is 241 g/mol. The highest BCUT2D eigenvalue weighted by atomic mass is 19.4. The fourth-order valence-electron chi connectivity index (χ4n) is 2.14. The number of nitrogen functional groups attached to an aromatic ring is 1. The molecule has 1 aromatic carbocycles. The summed E-state index contributed by atoms with van der Waals surface area (Å²) in [6.45, 7) is 0.581. The van der Waals surface area contributed by atoms with Crippen LogP contribution in [0.3, 0.4) is 0 Å². The van der Waals surface area contributed by atoms with E-state index in [1.165, 1.54) is 31.4 Å². The number of nitrogens with two attached hydrogens (primary N) is 1. The number of halogens is 3. The molecule has 0 saturated heterocycles. The summed E-state index contributed by atoms with van der Waals surface area (Å²) in [4.78, 5) is 0. The van der Waals surface area contributed by atoms with E-state index in [0.717, 1.165) is 12.5 Å². The molecule has 2 rings (SSSR count). The maximum atomic E-state index is 12.8. The molecule has 0 heterocycles. The lowest BCUT2D eigenvalue weighted by Gasteiger charge is -2.25. The van der Waals surface area contributed by atoms with Crippen LogP contribution in [0.25, 0.3) is 0 Å². The summed E-state index contributed by atoms with van der Waals surface area (Å²) in [5.41, 5.74) is 4.97. The normalized spacial score (nSPS) is 16.4. The minimum Gasteiger partial charge on any atom is -0.399 e. The van der Waals surface area contributed by atoms with Gasteiger partial charge < -0.3 is 11.1 Å². The van der Waals surface area contributed by atoms with E-state index < -0.39 is 11.7 Å². The van der Waals surface area contributed by atoms with Gasteiger partial charge in [-0.3, -0.25) is 0 Å². The number of hydrogen-bond donors (Lipinski definition) is 2. The third-order valence-corrected chi connectivity index (χ3v) is 3.44. The van der Waals surface area contributed by atoms with Crippen molar-refractivity contribution >= 4 is 11.4 Å². The average Bonchev–Trinajstić information content (AvgIpc) is 2.22. The number of alkyl halides is 3. The van der Waals surface area contributed by atoms with Crippen molar-refractivity contribution in [1.29, 1.82) is 0 Å². The van der Waals surface area contributed by atoms with E-state index in [2.05, 4.69) is 5.32 Å². The maximum Gasteiger partial charge on any atom is 0.418 e. The molecule has 2 nitrogen and oxygen atoms in total. The lowest BCUT2D eigenvalue weighted by molar-refractivity contribution is -0.136. The highest BCUT2D eigenvalue weighted by Crippen LogP contribution is 2.36. The standard InChI is InChI=1S/C13H17F3N2/c14-13(15,16)11-8-10(17)4-5-12(11)18-7-6-9-2-1-3-9/h4-5,8-9,18H,1-3,6-7,17H2. The Morgan fingerprint density at radius 2 is 2.00 bits per heavy atom. The van der Waals surface area contributed by atoms with Gasteiger partial charge in [0.25, 0.3) is 0 Å². The first-order valence-electron chi connectivity index (χ1n) is 6.17. The summed E-state index contributed by atoms with van der Waals surface area (Å²) in [6, 6.07) is 3.87. The van der Waals surface area contributed by atoms with Gasteiger partial charge in [-0.15, -0.1) is 0 Å².